The second kappa shape index (κ2) is 10.7. The summed E-state index contributed by atoms with van der Waals surface area (Å²) >= 11 is 0. The summed E-state index contributed by atoms with van der Waals surface area (Å²) in [7, 11) is -0.700. The van der Waals surface area contributed by atoms with Crippen LogP contribution in [-0.2, 0) is 24.4 Å². The van der Waals surface area contributed by atoms with E-state index in [4.69, 9.17) is 4.74 Å². The second-order valence-electron chi connectivity index (χ2n) is 7.14. The molecule has 1 atom stereocenters. The molecular formula is C21H26N4O6S. The van der Waals surface area contributed by atoms with Crippen LogP contribution in [0.2, 0.25) is 0 Å². The molecule has 0 radical (unpaired) electrons. The highest BCUT2D eigenvalue weighted by atomic mass is 32.2. The minimum atomic E-state index is -3.95. The quantitative estimate of drug-likeness (QED) is 0.516. The molecule has 172 valence electrons. The Morgan fingerprint density at radius 1 is 0.938 bits per heavy atom. The zero-order valence-electron chi connectivity index (χ0n) is 18.2. The lowest BCUT2D eigenvalue weighted by molar-refractivity contribution is -0.130. The van der Waals surface area contributed by atoms with Crippen molar-refractivity contribution in [2.45, 2.75) is 24.8 Å². The highest BCUT2D eigenvalue weighted by Crippen LogP contribution is 2.17. The van der Waals surface area contributed by atoms with Gasteiger partial charge in [0.2, 0.25) is 21.8 Å². The lowest BCUT2D eigenvalue weighted by Crippen LogP contribution is -2.41. The number of likely N-dealkylation sites (N-methyl/N-ethyl adjacent to an activating group) is 1. The van der Waals surface area contributed by atoms with E-state index in [1.165, 1.54) is 43.0 Å². The molecule has 2 aromatic carbocycles. The maximum Gasteiger partial charge on any atom is 0.259 e. The maximum absolute atomic E-state index is 12.5. The van der Waals surface area contributed by atoms with Gasteiger partial charge in [0.25, 0.3) is 5.91 Å². The van der Waals surface area contributed by atoms with E-state index in [1.54, 1.807) is 38.4 Å². The van der Waals surface area contributed by atoms with Gasteiger partial charge in [0.1, 0.15) is 5.75 Å². The van der Waals surface area contributed by atoms with Crippen molar-refractivity contribution >= 4 is 39.1 Å². The Morgan fingerprint density at radius 3 is 2.00 bits per heavy atom. The maximum atomic E-state index is 12.5. The van der Waals surface area contributed by atoms with Crippen LogP contribution >= 0.6 is 0 Å². The van der Waals surface area contributed by atoms with Gasteiger partial charge in [-0.3, -0.25) is 14.4 Å². The van der Waals surface area contributed by atoms with Crippen molar-refractivity contribution in [3.8, 4) is 5.75 Å². The van der Waals surface area contributed by atoms with E-state index in [1.807, 2.05) is 0 Å². The lowest BCUT2D eigenvalue weighted by Gasteiger charge is -2.15. The smallest absolute Gasteiger partial charge is 0.259 e. The standard InChI is InChI=1S/C21H26N4O6S/c1-14(24-32(29,30)19-11-7-16(8-12-19)22-15(2)26)21(28)23-17-5-9-18(10-6-17)31-13-20(27)25(3)4/h5-12,14,24H,13H2,1-4H3,(H,22,26)(H,23,28)/t14-/m0/s1. The number of hydrogen-bond donors (Lipinski definition) is 3. The minimum Gasteiger partial charge on any atom is -0.484 e. The van der Waals surface area contributed by atoms with Crippen molar-refractivity contribution in [3.05, 3.63) is 48.5 Å². The predicted molar refractivity (Wildman–Crippen MR) is 120 cm³/mol. The van der Waals surface area contributed by atoms with Gasteiger partial charge in [-0.05, 0) is 55.5 Å². The molecule has 2 rings (SSSR count). The fourth-order valence-corrected chi connectivity index (χ4v) is 3.64. The van der Waals surface area contributed by atoms with Crippen LogP contribution in [0.4, 0.5) is 11.4 Å². The monoisotopic (exact) mass is 462 g/mol. The Bertz CT molecular complexity index is 1070. The number of carbonyl (C=O) groups is 3. The second-order valence-corrected chi connectivity index (χ2v) is 8.85. The Kier molecular flexibility index (Phi) is 8.33. The average Bonchev–Trinajstić information content (AvgIpc) is 2.72. The van der Waals surface area contributed by atoms with E-state index in [-0.39, 0.29) is 23.3 Å². The van der Waals surface area contributed by atoms with Crippen LogP contribution in [0.3, 0.4) is 0 Å². The number of rotatable bonds is 9. The molecule has 0 unspecified atom stereocenters. The van der Waals surface area contributed by atoms with E-state index in [0.717, 1.165) is 0 Å². The molecule has 3 amide bonds. The van der Waals surface area contributed by atoms with Crippen molar-refractivity contribution in [2.24, 2.45) is 0 Å². The van der Waals surface area contributed by atoms with Crippen LogP contribution in [-0.4, -0.2) is 57.8 Å². The number of hydrogen-bond acceptors (Lipinski definition) is 6. The molecule has 10 nitrogen and oxygen atoms in total. The summed E-state index contributed by atoms with van der Waals surface area (Å²) in [6.07, 6.45) is 0. The molecule has 11 heteroatoms. The predicted octanol–water partition coefficient (Wildman–Crippen LogP) is 1.42. The SMILES string of the molecule is CC(=O)Nc1ccc(S(=O)(=O)N[C@@H](C)C(=O)Nc2ccc(OCC(=O)N(C)C)cc2)cc1. The van der Waals surface area contributed by atoms with Crippen LogP contribution in [0.1, 0.15) is 13.8 Å². The van der Waals surface area contributed by atoms with Crippen molar-refractivity contribution in [3.63, 3.8) is 0 Å². The van der Waals surface area contributed by atoms with Gasteiger partial charge < -0.3 is 20.3 Å². The number of ether oxygens (including phenoxy) is 1. The average molecular weight is 463 g/mol. The lowest BCUT2D eigenvalue weighted by atomic mass is 10.2. The first-order valence-corrected chi connectivity index (χ1v) is 11.1. The van der Waals surface area contributed by atoms with Crippen molar-refractivity contribution in [2.75, 3.05) is 31.3 Å². The molecule has 0 aliphatic carbocycles. The van der Waals surface area contributed by atoms with Crippen LogP contribution in [0.5, 0.6) is 5.75 Å². The van der Waals surface area contributed by atoms with Crippen LogP contribution in [0.15, 0.2) is 53.4 Å². The summed E-state index contributed by atoms with van der Waals surface area (Å²) < 4.78 is 32.7. The molecular weight excluding hydrogens is 436 g/mol. The number of anilines is 2. The van der Waals surface area contributed by atoms with Crippen molar-refractivity contribution < 1.29 is 27.5 Å². The molecule has 0 spiro atoms. The third kappa shape index (κ3) is 7.36. The van der Waals surface area contributed by atoms with Gasteiger partial charge in [0.05, 0.1) is 10.9 Å². The summed E-state index contributed by atoms with van der Waals surface area (Å²) in [6.45, 7) is 2.66. The Hall–Kier alpha value is -3.44. The Balaban J connectivity index is 1.94. The molecule has 3 N–H and O–H groups in total. The molecule has 0 saturated heterocycles. The zero-order chi connectivity index (χ0) is 23.9. The van der Waals surface area contributed by atoms with Crippen LogP contribution in [0, 0.1) is 0 Å². The van der Waals surface area contributed by atoms with Gasteiger partial charge in [-0.15, -0.1) is 0 Å². The van der Waals surface area contributed by atoms with Gasteiger partial charge in [-0.1, -0.05) is 0 Å². The fourth-order valence-electron chi connectivity index (χ4n) is 2.43. The molecule has 0 fully saturated rings. The van der Waals surface area contributed by atoms with E-state index in [2.05, 4.69) is 15.4 Å². The van der Waals surface area contributed by atoms with Gasteiger partial charge in [-0.25, -0.2) is 8.42 Å². The van der Waals surface area contributed by atoms with E-state index >= 15 is 0 Å². The number of carbonyl (C=O) groups excluding carboxylic acids is 3. The molecule has 2 aromatic rings. The summed E-state index contributed by atoms with van der Waals surface area (Å²) in [6, 6.07) is 10.9. The first-order valence-electron chi connectivity index (χ1n) is 9.62. The largest absolute Gasteiger partial charge is 0.484 e. The molecule has 0 aliphatic rings. The molecule has 0 heterocycles. The third-order valence-corrected chi connectivity index (χ3v) is 5.75. The third-order valence-electron chi connectivity index (χ3n) is 4.19. The van der Waals surface area contributed by atoms with Crippen LogP contribution < -0.4 is 20.1 Å². The topological polar surface area (TPSA) is 134 Å². The van der Waals surface area contributed by atoms with Gasteiger partial charge in [0, 0.05) is 32.4 Å². The van der Waals surface area contributed by atoms with Gasteiger partial charge >= 0.3 is 0 Å². The highest BCUT2D eigenvalue weighted by Gasteiger charge is 2.22. The number of nitrogens with zero attached hydrogens (tertiary/aromatic N) is 1. The molecule has 0 saturated carbocycles. The zero-order valence-corrected chi connectivity index (χ0v) is 19.0. The highest BCUT2D eigenvalue weighted by molar-refractivity contribution is 7.89. The summed E-state index contributed by atoms with van der Waals surface area (Å²) in [5.41, 5.74) is 0.896. The number of benzene rings is 2. The van der Waals surface area contributed by atoms with E-state index < -0.39 is 22.0 Å². The Morgan fingerprint density at radius 2 is 1.47 bits per heavy atom. The summed E-state index contributed by atoms with van der Waals surface area (Å²) in [5.74, 6) is -0.562. The van der Waals surface area contributed by atoms with Gasteiger partial charge in [-0.2, -0.15) is 4.72 Å². The van der Waals surface area contributed by atoms with E-state index in [0.29, 0.717) is 17.1 Å². The molecule has 0 aromatic heterocycles. The van der Waals surface area contributed by atoms with E-state index in [9.17, 15) is 22.8 Å². The molecule has 32 heavy (non-hydrogen) atoms. The first kappa shape index (κ1) is 24.8. The van der Waals surface area contributed by atoms with Gasteiger partial charge in [0.15, 0.2) is 6.61 Å². The Labute approximate surface area is 187 Å². The normalized spacial score (nSPS) is 11.9. The number of nitrogens with one attached hydrogen (secondary N) is 3. The number of sulfonamides is 1. The van der Waals surface area contributed by atoms with Crippen molar-refractivity contribution in [1.29, 1.82) is 0 Å². The number of amides is 3. The first-order chi connectivity index (χ1) is 15.0. The summed E-state index contributed by atoms with van der Waals surface area (Å²) in [4.78, 5) is 36.4. The minimum absolute atomic E-state index is 0.0416. The van der Waals surface area contributed by atoms with Crippen molar-refractivity contribution in [1.82, 2.24) is 9.62 Å². The fraction of sp³-hybridized carbons (Fsp3) is 0.286. The summed E-state index contributed by atoms with van der Waals surface area (Å²) in [5, 5.41) is 5.16. The molecule has 0 bridgehead atoms. The van der Waals surface area contributed by atoms with Crippen LogP contribution in [0.25, 0.3) is 0 Å². The molecule has 0 aliphatic heterocycles.